The number of hydrogen-bond acceptors (Lipinski definition) is 4. The molecule has 1 fully saturated rings. The molecule has 0 aromatic heterocycles. The normalized spacial score (nSPS) is 21.5. The van der Waals surface area contributed by atoms with Crippen LogP contribution in [0.25, 0.3) is 0 Å². The number of nitrogens with two attached hydrogens (primary N) is 1. The second-order valence-corrected chi connectivity index (χ2v) is 6.00. The van der Waals surface area contributed by atoms with Gasteiger partial charge in [0.15, 0.2) is 0 Å². The minimum absolute atomic E-state index is 0.0358. The molecular weight excluding hydrogens is 264 g/mol. The molecule has 118 valence electrons. The summed E-state index contributed by atoms with van der Waals surface area (Å²) >= 11 is 0. The molecule has 0 amide bonds. The third kappa shape index (κ3) is 4.99. The molecule has 21 heavy (non-hydrogen) atoms. The highest BCUT2D eigenvalue weighted by atomic mass is 16.5. The zero-order valence-electron chi connectivity index (χ0n) is 13.4. The Morgan fingerprint density at radius 3 is 2.67 bits per heavy atom. The fraction of sp³-hybridized carbons (Fsp3) is 0.647. The lowest BCUT2D eigenvalue weighted by Crippen LogP contribution is -2.44. The van der Waals surface area contributed by atoms with Gasteiger partial charge in [-0.1, -0.05) is 19.1 Å². The summed E-state index contributed by atoms with van der Waals surface area (Å²) in [5.41, 5.74) is 7.50. The number of nitrogens with zero attached hydrogens (tertiary/aromatic N) is 1. The van der Waals surface area contributed by atoms with Crippen molar-refractivity contribution in [2.75, 3.05) is 26.2 Å². The molecule has 0 saturated carbocycles. The lowest BCUT2D eigenvalue weighted by Gasteiger charge is -2.34. The highest BCUT2D eigenvalue weighted by molar-refractivity contribution is 5.29. The molecule has 4 nitrogen and oxygen atoms in total. The first-order chi connectivity index (χ1) is 10.1. The van der Waals surface area contributed by atoms with Gasteiger partial charge in [0.2, 0.25) is 0 Å². The number of benzene rings is 1. The Balaban J connectivity index is 1.89. The van der Waals surface area contributed by atoms with Crippen molar-refractivity contribution in [3.63, 3.8) is 0 Å². The Morgan fingerprint density at radius 2 is 2.05 bits per heavy atom. The lowest BCUT2D eigenvalue weighted by atomic mass is 10.1. The van der Waals surface area contributed by atoms with Gasteiger partial charge < -0.3 is 15.2 Å². The molecular formula is C17H28N2O2. The summed E-state index contributed by atoms with van der Waals surface area (Å²) < 4.78 is 11.4. The molecule has 0 aliphatic carbocycles. The van der Waals surface area contributed by atoms with Crippen LogP contribution in [0.4, 0.5) is 0 Å². The summed E-state index contributed by atoms with van der Waals surface area (Å²) in [5, 5.41) is 0. The van der Waals surface area contributed by atoms with E-state index in [1.165, 1.54) is 0 Å². The molecule has 1 aromatic rings. The van der Waals surface area contributed by atoms with Gasteiger partial charge in [0, 0.05) is 25.7 Å². The van der Waals surface area contributed by atoms with Gasteiger partial charge in [-0.3, -0.25) is 4.90 Å². The maximum absolute atomic E-state index is 6.34. The Hall–Kier alpha value is -1.10. The van der Waals surface area contributed by atoms with E-state index in [2.05, 4.69) is 24.0 Å². The van der Waals surface area contributed by atoms with E-state index in [9.17, 15) is 0 Å². The van der Waals surface area contributed by atoms with Gasteiger partial charge in [0.25, 0.3) is 0 Å². The Kier molecular flexibility index (Phi) is 6.03. The van der Waals surface area contributed by atoms with Crippen molar-refractivity contribution in [3.05, 3.63) is 29.8 Å². The van der Waals surface area contributed by atoms with E-state index in [0.29, 0.717) is 6.10 Å². The van der Waals surface area contributed by atoms with E-state index in [1.54, 1.807) is 0 Å². The van der Waals surface area contributed by atoms with Crippen LogP contribution in [-0.4, -0.2) is 43.3 Å². The number of hydrogen-bond donors (Lipinski definition) is 1. The van der Waals surface area contributed by atoms with Crippen LogP contribution in [0.1, 0.15) is 38.8 Å². The topological polar surface area (TPSA) is 47.7 Å². The molecule has 1 saturated heterocycles. The fourth-order valence-corrected chi connectivity index (χ4v) is 2.64. The first-order valence-corrected chi connectivity index (χ1v) is 7.94. The average Bonchev–Trinajstić information content (AvgIpc) is 2.47. The first kappa shape index (κ1) is 16.3. The van der Waals surface area contributed by atoms with Crippen molar-refractivity contribution in [1.29, 1.82) is 0 Å². The number of morpholine rings is 1. The summed E-state index contributed by atoms with van der Waals surface area (Å²) in [6.45, 7) is 9.88. The summed E-state index contributed by atoms with van der Waals surface area (Å²) in [5.74, 6) is 0.901. The second kappa shape index (κ2) is 7.78. The third-order valence-corrected chi connectivity index (χ3v) is 3.81. The SMILES string of the molecule is CCC1CN(CC(N)c2ccc(OC(C)C)cc2)CCO1. The van der Waals surface area contributed by atoms with E-state index in [-0.39, 0.29) is 12.1 Å². The average molecular weight is 292 g/mol. The van der Waals surface area contributed by atoms with Gasteiger partial charge in [-0.2, -0.15) is 0 Å². The van der Waals surface area contributed by atoms with Gasteiger partial charge in [-0.05, 0) is 38.0 Å². The largest absolute Gasteiger partial charge is 0.491 e. The molecule has 1 aromatic carbocycles. The van der Waals surface area contributed by atoms with E-state index in [0.717, 1.165) is 44.0 Å². The minimum Gasteiger partial charge on any atom is -0.491 e. The van der Waals surface area contributed by atoms with Crippen LogP contribution in [0.5, 0.6) is 5.75 Å². The van der Waals surface area contributed by atoms with Gasteiger partial charge in [-0.15, -0.1) is 0 Å². The van der Waals surface area contributed by atoms with Crippen LogP contribution in [0.2, 0.25) is 0 Å². The highest BCUT2D eigenvalue weighted by Gasteiger charge is 2.21. The van der Waals surface area contributed by atoms with Crippen LogP contribution in [0.3, 0.4) is 0 Å². The van der Waals surface area contributed by atoms with E-state index >= 15 is 0 Å². The van der Waals surface area contributed by atoms with Crippen LogP contribution in [0.15, 0.2) is 24.3 Å². The zero-order chi connectivity index (χ0) is 15.2. The predicted molar refractivity (Wildman–Crippen MR) is 85.6 cm³/mol. The number of ether oxygens (including phenoxy) is 2. The monoisotopic (exact) mass is 292 g/mol. The molecule has 1 heterocycles. The first-order valence-electron chi connectivity index (χ1n) is 7.94. The van der Waals surface area contributed by atoms with Crippen LogP contribution in [0, 0.1) is 0 Å². The highest BCUT2D eigenvalue weighted by Crippen LogP contribution is 2.19. The Morgan fingerprint density at radius 1 is 1.33 bits per heavy atom. The molecule has 0 bridgehead atoms. The van der Waals surface area contributed by atoms with Crippen LogP contribution >= 0.6 is 0 Å². The predicted octanol–water partition coefficient (Wildman–Crippen LogP) is 2.58. The van der Waals surface area contributed by atoms with Gasteiger partial charge in [-0.25, -0.2) is 0 Å². The van der Waals surface area contributed by atoms with Crippen molar-refractivity contribution in [2.24, 2.45) is 5.73 Å². The quantitative estimate of drug-likeness (QED) is 0.875. The molecule has 2 unspecified atom stereocenters. The summed E-state index contributed by atoms with van der Waals surface area (Å²) in [7, 11) is 0. The molecule has 1 aliphatic rings. The molecule has 0 radical (unpaired) electrons. The molecule has 2 atom stereocenters. The fourth-order valence-electron chi connectivity index (χ4n) is 2.64. The molecule has 4 heteroatoms. The third-order valence-electron chi connectivity index (χ3n) is 3.81. The second-order valence-electron chi connectivity index (χ2n) is 6.00. The maximum Gasteiger partial charge on any atom is 0.119 e. The maximum atomic E-state index is 6.34. The van der Waals surface area contributed by atoms with E-state index in [1.807, 2.05) is 26.0 Å². The van der Waals surface area contributed by atoms with Crippen molar-refractivity contribution >= 4 is 0 Å². The summed E-state index contributed by atoms with van der Waals surface area (Å²) in [4.78, 5) is 2.40. The van der Waals surface area contributed by atoms with Crippen molar-refractivity contribution in [2.45, 2.75) is 45.4 Å². The van der Waals surface area contributed by atoms with Crippen molar-refractivity contribution < 1.29 is 9.47 Å². The smallest absolute Gasteiger partial charge is 0.119 e. The lowest BCUT2D eigenvalue weighted by molar-refractivity contribution is -0.0312. The molecule has 0 spiro atoms. The Labute approximate surface area is 128 Å². The molecule has 2 rings (SSSR count). The van der Waals surface area contributed by atoms with Crippen molar-refractivity contribution in [3.8, 4) is 5.75 Å². The molecule has 2 N–H and O–H groups in total. The van der Waals surface area contributed by atoms with Crippen molar-refractivity contribution in [1.82, 2.24) is 4.90 Å². The summed E-state index contributed by atoms with van der Waals surface area (Å²) in [6, 6.07) is 8.18. The van der Waals surface area contributed by atoms with Crippen LogP contribution < -0.4 is 10.5 Å². The van der Waals surface area contributed by atoms with E-state index in [4.69, 9.17) is 15.2 Å². The standard InChI is InChI=1S/C17H28N2O2/c1-4-15-11-19(9-10-20-15)12-17(18)14-5-7-16(8-6-14)21-13(2)3/h5-8,13,15,17H,4,9-12,18H2,1-3H3. The molecule has 1 aliphatic heterocycles. The van der Waals surface area contributed by atoms with Gasteiger partial charge >= 0.3 is 0 Å². The van der Waals surface area contributed by atoms with Crippen LogP contribution in [-0.2, 0) is 4.74 Å². The summed E-state index contributed by atoms with van der Waals surface area (Å²) in [6.07, 6.45) is 1.61. The van der Waals surface area contributed by atoms with Gasteiger partial charge in [0.05, 0.1) is 18.8 Å². The minimum atomic E-state index is 0.0358. The van der Waals surface area contributed by atoms with E-state index < -0.39 is 0 Å². The Bertz CT molecular complexity index is 419. The zero-order valence-corrected chi connectivity index (χ0v) is 13.4. The van der Waals surface area contributed by atoms with Gasteiger partial charge in [0.1, 0.15) is 5.75 Å². The number of rotatable bonds is 6.